The van der Waals surface area contributed by atoms with E-state index in [-0.39, 0.29) is 49.8 Å². The highest BCUT2D eigenvalue weighted by atomic mass is 79.9. The monoisotopic (exact) mass is 817 g/mol. The molecule has 2 unspecified atom stereocenters. The summed E-state index contributed by atoms with van der Waals surface area (Å²) in [7, 11) is 0. The third-order valence-electron chi connectivity index (χ3n) is 10.4. The zero-order valence-corrected chi connectivity index (χ0v) is 32.4. The SMILES string of the molecule is [C-]#[N+]c1ccc(CN2CC(CCC)n3nc(Br)cc3C2=O)cc1.[C-]#[N+]c1ccc(CN2CC(CCC)n3nc(N4CCC(C(F)(F)F)CC4)cc3C2=O)cc1. The van der Waals surface area contributed by atoms with E-state index in [1.54, 1.807) is 46.0 Å². The van der Waals surface area contributed by atoms with Crippen molar-refractivity contribution in [1.29, 1.82) is 0 Å². The van der Waals surface area contributed by atoms with Crippen molar-refractivity contribution in [3.63, 3.8) is 0 Å². The van der Waals surface area contributed by atoms with Gasteiger partial charge >= 0.3 is 6.18 Å². The largest absolute Gasteiger partial charge is 0.391 e. The molecule has 2 aromatic carbocycles. The zero-order valence-electron chi connectivity index (χ0n) is 30.8. The van der Waals surface area contributed by atoms with Crippen LogP contribution in [0.25, 0.3) is 9.69 Å². The van der Waals surface area contributed by atoms with Crippen molar-refractivity contribution < 1.29 is 22.8 Å². The third kappa shape index (κ3) is 9.05. The molecular weight excluding hydrogens is 775 g/mol. The van der Waals surface area contributed by atoms with E-state index < -0.39 is 12.1 Å². The van der Waals surface area contributed by atoms with Crippen LogP contribution in [-0.2, 0) is 13.1 Å². The number of hydrogen-bond donors (Lipinski definition) is 0. The number of carbonyl (C=O) groups is 2. The van der Waals surface area contributed by atoms with Crippen LogP contribution in [0.3, 0.4) is 0 Å². The first kappa shape index (κ1) is 39.5. The number of alkyl halides is 3. The Morgan fingerprint density at radius 1 is 0.745 bits per heavy atom. The van der Waals surface area contributed by atoms with Gasteiger partial charge in [0.1, 0.15) is 16.0 Å². The van der Waals surface area contributed by atoms with Crippen LogP contribution >= 0.6 is 15.9 Å². The average Bonchev–Trinajstić information content (AvgIpc) is 3.81. The standard InChI is InChI=1S/C23H26F3N5O.C17H17BrN4O/c1-3-4-19-15-30(14-16-5-7-18(27-2)8-6-16)22(32)20-13-21(28-31(19)20)29-11-9-17(10-12-29)23(24,25)26;1-3-4-14-11-21(10-12-5-7-13(19-2)8-6-12)17(23)15-9-16(18)20-22(14)15/h5-8,13,17,19H,3-4,9-12,14-15H2,1H3;5-9,14H,3-4,10-11H2,1H3. The molecule has 0 bridgehead atoms. The Kier molecular flexibility index (Phi) is 12.3. The van der Waals surface area contributed by atoms with E-state index in [1.807, 2.05) is 38.7 Å². The molecule has 7 rings (SSSR count). The summed E-state index contributed by atoms with van der Waals surface area (Å²) in [5.74, 6) is -0.811. The van der Waals surface area contributed by atoms with Crippen molar-refractivity contribution in [2.75, 3.05) is 31.1 Å². The molecule has 1 fully saturated rings. The minimum atomic E-state index is -4.16. The quantitative estimate of drug-likeness (QED) is 0.157. The first-order valence-electron chi connectivity index (χ1n) is 18.6. The highest BCUT2D eigenvalue weighted by molar-refractivity contribution is 9.10. The van der Waals surface area contributed by atoms with Gasteiger partial charge in [-0.2, -0.15) is 23.4 Å². The molecule has 0 saturated carbocycles. The summed E-state index contributed by atoms with van der Waals surface area (Å²) in [6.45, 7) is 21.0. The van der Waals surface area contributed by atoms with Crippen molar-refractivity contribution >= 4 is 44.9 Å². The molecule has 3 aliphatic heterocycles. The van der Waals surface area contributed by atoms with Gasteiger partial charge in [0.15, 0.2) is 17.2 Å². The highest BCUT2D eigenvalue weighted by Crippen LogP contribution is 2.36. The first-order chi connectivity index (χ1) is 26.4. The lowest BCUT2D eigenvalue weighted by Gasteiger charge is -2.34. The van der Waals surface area contributed by atoms with Crippen molar-refractivity contribution in [1.82, 2.24) is 29.4 Å². The highest BCUT2D eigenvalue weighted by Gasteiger charge is 2.42. The number of rotatable bonds is 9. The van der Waals surface area contributed by atoms with Crippen LogP contribution in [0.2, 0.25) is 0 Å². The van der Waals surface area contributed by atoms with Crippen molar-refractivity contribution in [3.05, 3.63) is 111 Å². The third-order valence-corrected chi connectivity index (χ3v) is 10.8. The second kappa shape index (κ2) is 17.1. The van der Waals surface area contributed by atoms with Gasteiger partial charge in [-0.15, -0.1) is 0 Å². The number of amides is 2. The van der Waals surface area contributed by atoms with E-state index in [2.05, 4.69) is 49.7 Å². The number of aromatic nitrogens is 4. The Morgan fingerprint density at radius 3 is 1.64 bits per heavy atom. The van der Waals surface area contributed by atoms with E-state index in [0.717, 1.165) is 36.8 Å². The maximum atomic E-state index is 13.2. The van der Waals surface area contributed by atoms with Crippen LogP contribution in [0.15, 0.2) is 65.3 Å². The fourth-order valence-electron chi connectivity index (χ4n) is 7.52. The molecule has 11 nitrogen and oxygen atoms in total. The van der Waals surface area contributed by atoms with Gasteiger partial charge in [-0.3, -0.25) is 19.0 Å². The van der Waals surface area contributed by atoms with Crippen LogP contribution in [0.5, 0.6) is 0 Å². The van der Waals surface area contributed by atoms with Crippen LogP contribution in [0, 0.1) is 19.1 Å². The number of hydrogen-bond acceptors (Lipinski definition) is 5. The minimum Gasteiger partial charge on any atom is -0.355 e. The maximum absolute atomic E-state index is 13.2. The van der Waals surface area contributed by atoms with Gasteiger partial charge in [-0.25, -0.2) is 9.69 Å². The number of piperidine rings is 1. The smallest absolute Gasteiger partial charge is 0.355 e. The summed E-state index contributed by atoms with van der Waals surface area (Å²) in [4.78, 5) is 38.2. The molecule has 55 heavy (non-hydrogen) atoms. The predicted molar refractivity (Wildman–Crippen MR) is 206 cm³/mol. The lowest BCUT2D eigenvalue weighted by atomic mass is 9.96. The number of benzene rings is 2. The van der Waals surface area contributed by atoms with Crippen molar-refractivity contribution in [2.45, 2.75) is 83.7 Å². The molecule has 2 amide bonds. The molecule has 288 valence electrons. The molecule has 15 heteroatoms. The van der Waals surface area contributed by atoms with Gasteiger partial charge in [0.05, 0.1) is 31.1 Å². The molecular formula is C40H43BrF3N9O2. The lowest BCUT2D eigenvalue weighted by Crippen LogP contribution is -2.42. The van der Waals surface area contributed by atoms with E-state index in [1.165, 1.54) is 0 Å². The molecule has 0 aliphatic carbocycles. The molecule has 1 saturated heterocycles. The van der Waals surface area contributed by atoms with Crippen LogP contribution < -0.4 is 4.90 Å². The normalized spacial score (nSPS) is 18.6. The zero-order chi connectivity index (χ0) is 39.3. The Balaban J connectivity index is 0.000000197. The Labute approximate surface area is 327 Å². The number of halogens is 4. The number of nitrogens with zero attached hydrogens (tertiary/aromatic N) is 9. The van der Waals surface area contributed by atoms with Gasteiger partial charge in [0, 0.05) is 51.4 Å². The van der Waals surface area contributed by atoms with Gasteiger partial charge in [0.25, 0.3) is 11.8 Å². The molecule has 3 aliphatic rings. The van der Waals surface area contributed by atoms with Gasteiger partial charge in [-0.05, 0) is 52.7 Å². The van der Waals surface area contributed by atoms with Gasteiger partial charge < -0.3 is 14.7 Å². The number of anilines is 1. The van der Waals surface area contributed by atoms with E-state index in [9.17, 15) is 22.8 Å². The molecule has 0 radical (unpaired) electrons. The fraction of sp³-hybridized carbons (Fsp3) is 0.450. The molecule has 2 atom stereocenters. The van der Waals surface area contributed by atoms with Crippen molar-refractivity contribution in [3.8, 4) is 0 Å². The molecule has 0 spiro atoms. The van der Waals surface area contributed by atoms with E-state index in [4.69, 9.17) is 13.1 Å². The average molecular weight is 819 g/mol. The number of carbonyl (C=O) groups excluding carboxylic acids is 2. The summed E-state index contributed by atoms with van der Waals surface area (Å²) in [6, 6.07) is 18.4. The molecule has 0 N–H and O–H groups in total. The fourth-order valence-corrected chi connectivity index (χ4v) is 7.91. The second-order valence-corrected chi connectivity index (χ2v) is 15.1. The summed E-state index contributed by atoms with van der Waals surface area (Å²) in [6.07, 6.45) is -0.252. The van der Waals surface area contributed by atoms with Crippen LogP contribution in [-0.4, -0.2) is 73.5 Å². The summed E-state index contributed by atoms with van der Waals surface area (Å²) >= 11 is 3.37. The van der Waals surface area contributed by atoms with Crippen LogP contribution in [0.4, 0.5) is 30.4 Å². The van der Waals surface area contributed by atoms with Crippen LogP contribution in [0.1, 0.15) is 96.6 Å². The molecule has 2 aromatic heterocycles. The predicted octanol–water partition coefficient (Wildman–Crippen LogP) is 9.40. The van der Waals surface area contributed by atoms with Gasteiger partial charge in [-0.1, -0.05) is 75.2 Å². The Bertz CT molecular complexity index is 2060. The Hall–Kier alpha value is -5.15. The Morgan fingerprint density at radius 2 is 1.20 bits per heavy atom. The first-order valence-corrected chi connectivity index (χ1v) is 19.4. The van der Waals surface area contributed by atoms with Gasteiger partial charge in [0.2, 0.25) is 0 Å². The van der Waals surface area contributed by atoms with E-state index >= 15 is 0 Å². The molecule has 4 aromatic rings. The second-order valence-electron chi connectivity index (χ2n) is 14.2. The van der Waals surface area contributed by atoms with Crippen molar-refractivity contribution in [2.24, 2.45) is 5.92 Å². The van der Waals surface area contributed by atoms with E-state index in [0.29, 0.717) is 59.4 Å². The maximum Gasteiger partial charge on any atom is 0.391 e. The summed E-state index contributed by atoms with van der Waals surface area (Å²) < 4.78 is 43.3. The minimum absolute atomic E-state index is 0.00445. The lowest BCUT2D eigenvalue weighted by molar-refractivity contribution is -0.179. The summed E-state index contributed by atoms with van der Waals surface area (Å²) in [5.41, 5.74) is 4.28. The topological polar surface area (TPSA) is 88.2 Å². The molecule has 5 heterocycles. The number of fused-ring (bicyclic) bond motifs is 2. The summed E-state index contributed by atoms with van der Waals surface area (Å²) in [5, 5.41) is 9.08.